The van der Waals surface area contributed by atoms with Crippen LogP contribution in [-0.2, 0) is 0 Å². The van der Waals surface area contributed by atoms with Crippen molar-refractivity contribution in [3.05, 3.63) is 29.7 Å². The third kappa shape index (κ3) is 1.07. The van der Waals surface area contributed by atoms with E-state index in [0.717, 1.165) is 16.3 Å². The van der Waals surface area contributed by atoms with Crippen molar-refractivity contribution >= 4 is 11.3 Å². The predicted molar refractivity (Wildman–Crippen MR) is 44.6 cm³/mol. The molecule has 0 bridgehead atoms. The highest BCUT2D eigenvalue weighted by molar-refractivity contribution is 7.13. The number of nitrogens with zero attached hydrogens (tertiary/aromatic N) is 1. The molecule has 0 unspecified atom stereocenters. The van der Waals surface area contributed by atoms with Gasteiger partial charge in [0.15, 0.2) is 0 Å². The van der Waals surface area contributed by atoms with Gasteiger partial charge in [0.1, 0.15) is 10.8 Å². The molecular weight excluding hydrogens is 158 g/mol. The van der Waals surface area contributed by atoms with Crippen molar-refractivity contribution < 1.29 is 4.42 Å². The number of aromatic nitrogens is 1. The number of aryl methyl sites for hydroxylation is 1. The summed E-state index contributed by atoms with van der Waals surface area (Å²) in [7, 11) is 0. The summed E-state index contributed by atoms with van der Waals surface area (Å²) in [6.45, 7) is 1.94. The first-order chi connectivity index (χ1) is 5.38. The minimum absolute atomic E-state index is 0.931. The zero-order valence-electron chi connectivity index (χ0n) is 6.07. The molecule has 2 rings (SSSR count). The smallest absolute Gasteiger partial charge is 0.126 e. The Morgan fingerprint density at radius 1 is 1.55 bits per heavy atom. The highest BCUT2D eigenvalue weighted by atomic mass is 32.1. The van der Waals surface area contributed by atoms with E-state index < -0.39 is 0 Å². The molecule has 3 heteroatoms. The SMILES string of the molecule is Cc1occc1-c1nccs1. The summed E-state index contributed by atoms with van der Waals surface area (Å²) in [4.78, 5) is 4.18. The Hall–Kier alpha value is -1.09. The van der Waals surface area contributed by atoms with Gasteiger partial charge in [0, 0.05) is 11.6 Å². The molecule has 0 N–H and O–H groups in total. The van der Waals surface area contributed by atoms with Crippen molar-refractivity contribution in [3.8, 4) is 10.6 Å². The minimum atomic E-state index is 0.931. The Bertz CT molecular complexity index is 337. The van der Waals surface area contributed by atoms with Gasteiger partial charge in [-0.05, 0) is 13.0 Å². The summed E-state index contributed by atoms with van der Waals surface area (Å²) in [6, 6.07) is 1.94. The van der Waals surface area contributed by atoms with Gasteiger partial charge >= 0.3 is 0 Å². The van der Waals surface area contributed by atoms with Gasteiger partial charge in [-0.2, -0.15) is 0 Å². The van der Waals surface area contributed by atoms with Gasteiger partial charge in [0.2, 0.25) is 0 Å². The molecule has 0 fully saturated rings. The fourth-order valence-electron chi connectivity index (χ4n) is 0.963. The maximum absolute atomic E-state index is 5.15. The van der Waals surface area contributed by atoms with E-state index in [9.17, 15) is 0 Å². The van der Waals surface area contributed by atoms with Crippen molar-refractivity contribution in [1.29, 1.82) is 0 Å². The fourth-order valence-corrected chi connectivity index (χ4v) is 1.67. The van der Waals surface area contributed by atoms with Crippen LogP contribution in [0.1, 0.15) is 5.76 Å². The third-order valence-corrected chi connectivity index (χ3v) is 2.33. The number of rotatable bonds is 1. The molecule has 0 spiro atoms. The highest BCUT2D eigenvalue weighted by Gasteiger charge is 2.05. The van der Waals surface area contributed by atoms with Gasteiger partial charge < -0.3 is 4.42 Å². The first kappa shape index (κ1) is 6.61. The average molecular weight is 165 g/mol. The van der Waals surface area contributed by atoms with Crippen LogP contribution >= 0.6 is 11.3 Å². The normalized spacial score (nSPS) is 10.3. The Balaban J connectivity index is 2.53. The van der Waals surface area contributed by atoms with Gasteiger partial charge in [0.25, 0.3) is 0 Å². The lowest BCUT2D eigenvalue weighted by Crippen LogP contribution is -1.72. The monoisotopic (exact) mass is 165 g/mol. The van der Waals surface area contributed by atoms with E-state index in [1.54, 1.807) is 23.8 Å². The molecule has 2 heterocycles. The first-order valence-corrected chi connectivity index (χ1v) is 4.20. The topological polar surface area (TPSA) is 26.0 Å². The lowest BCUT2D eigenvalue weighted by atomic mass is 10.3. The van der Waals surface area contributed by atoms with Crippen LogP contribution in [0, 0.1) is 6.92 Å². The molecule has 0 aromatic carbocycles. The summed E-state index contributed by atoms with van der Waals surface area (Å²) in [5.74, 6) is 0.931. The first-order valence-electron chi connectivity index (χ1n) is 3.32. The van der Waals surface area contributed by atoms with E-state index in [1.165, 1.54) is 0 Å². The van der Waals surface area contributed by atoms with Crippen molar-refractivity contribution in [2.24, 2.45) is 0 Å². The highest BCUT2D eigenvalue weighted by Crippen LogP contribution is 2.25. The molecule has 0 aliphatic heterocycles. The lowest BCUT2D eigenvalue weighted by molar-refractivity contribution is 0.535. The second-order valence-electron chi connectivity index (χ2n) is 2.23. The quantitative estimate of drug-likeness (QED) is 0.649. The van der Waals surface area contributed by atoms with E-state index in [1.807, 2.05) is 18.4 Å². The molecule has 56 valence electrons. The number of hydrogen-bond acceptors (Lipinski definition) is 3. The van der Waals surface area contributed by atoms with E-state index in [2.05, 4.69) is 4.98 Å². The summed E-state index contributed by atoms with van der Waals surface area (Å²) in [6.07, 6.45) is 3.48. The molecule has 0 atom stereocenters. The number of furan rings is 1. The second-order valence-corrected chi connectivity index (χ2v) is 3.12. The molecule has 11 heavy (non-hydrogen) atoms. The van der Waals surface area contributed by atoms with Crippen molar-refractivity contribution in [1.82, 2.24) is 4.98 Å². The Morgan fingerprint density at radius 2 is 2.45 bits per heavy atom. The Labute approximate surface area is 68.5 Å². The number of thiazole rings is 1. The largest absolute Gasteiger partial charge is 0.469 e. The molecule has 0 radical (unpaired) electrons. The predicted octanol–water partition coefficient (Wildman–Crippen LogP) is 2.71. The van der Waals surface area contributed by atoms with Gasteiger partial charge in [-0.3, -0.25) is 0 Å². The molecule has 0 saturated heterocycles. The summed E-state index contributed by atoms with van der Waals surface area (Å²) in [5.41, 5.74) is 1.10. The van der Waals surface area contributed by atoms with E-state index >= 15 is 0 Å². The standard InChI is InChI=1S/C8H7NOS/c1-6-7(2-4-10-6)8-9-3-5-11-8/h2-5H,1H3. The van der Waals surface area contributed by atoms with Crippen LogP contribution in [-0.4, -0.2) is 4.98 Å². The minimum Gasteiger partial charge on any atom is -0.469 e. The molecule has 2 aromatic rings. The third-order valence-electron chi connectivity index (χ3n) is 1.52. The van der Waals surface area contributed by atoms with Crippen LogP contribution in [0.25, 0.3) is 10.6 Å². The second kappa shape index (κ2) is 2.51. The van der Waals surface area contributed by atoms with Crippen molar-refractivity contribution in [2.75, 3.05) is 0 Å². The van der Waals surface area contributed by atoms with Crippen LogP contribution in [0.5, 0.6) is 0 Å². The van der Waals surface area contributed by atoms with E-state index in [-0.39, 0.29) is 0 Å². The molecule has 2 nitrogen and oxygen atoms in total. The van der Waals surface area contributed by atoms with Crippen molar-refractivity contribution in [3.63, 3.8) is 0 Å². The molecule has 0 amide bonds. The molecule has 2 aromatic heterocycles. The molecule has 0 saturated carbocycles. The lowest BCUT2D eigenvalue weighted by Gasteiger charge is -1.89. The van der Waals surface area contributed by atoms with E-state index in [0.29, 0.717) is 0 Å². The summed E-state index contributed by atoms with van der Waals surface area (Å²) >= 11 is 1.62. The van der Waals surface area contributed by atoms with Gasteiger partial charge in [-0.15, -0.1) is 11.3 Å². The van der Waals surface area contributed by atoms with Crippen molar-refractivity contribution in [2.45, 2.75) is 6.92 Å². The van der Waals surface area contributed by atoms with Gasteiger partial charge in [0.05, 0.1) is 11.8 Å². The maximum Gasteiger partial charge on any atom is 0.126 e. The average Bonchev–Trinajstić information content (AvgIpc) is 2.55. The van der Waals surface area contributed by atoms with Crippen LogP contribution in [0.3, 0.4) is 0 Å². The summed E-state index contributed by atoms with van der Waals surface area (Å²) in [5, 5.41) is 2.98. The molecular formula is C8H7NOS. The zero-order chi connectivity index (χ0) is 7.68. The zero-order valence-corrected chi connectivity index (χ0v) is 6.89. The molecule has 0 aliphatic rings. The Morgan fingerprint density at radius 3 is 3.00 bits per heavy atom. The fraction of sp³-hybridized carbons (Fsp3) is 0.125. The van der Waals surface area contributed by atoms with Crippen LogP contribution < -0.4 is 0 Å². The van der Waals surface area contributed by atoms with Gasteiger partial charge in [-0.1, -0.05) is 0 Å². The number of hydrogen-bond donors (Lipinski definition) is 0. The Kier molecular flexibility index (Phi) is 1.51. The summed E-state index contributed by atoms with van der Waals surface area (Å²) < 4.78 is 5.15. The maximum atomic E-state index is 5.15. The molecule has 0 aliphatic carbocycles. The van der Waals surface area contributed by atoms with E-state index in [4.69, 9.17) is 4.42 Å². The van der Waals surface area contributed by atoms with Crippen LogP contribution in [0.15, 0.2) is 28.3 Å². The van der Waals surface area contributed by atoms with Gasteiger partial charge in [-0.25, -0.2) is 4.98 Å². The van der Waals surface area contributed by atoms with Crippen LogP contribution in [0.4, 0.5) is 0 Å². The van der Waals surface area contributed by atoms with Crippen LogP contribution in [0.2, 0.25) is 0 Å².